The van der Waals surface area contributed by atoms with Gasteiger partial charge >= 0.3 is 0 Å². The summed E-state index contributed by atoms with van der Waals surface area (Å²) in [5.41, 5.74) is 8.83. The van der Waals surface area contributed by atoms with Crippen molar-refractivity contribution in [3.63, 3.8) is 0 Å². The summed E-state index contributed by atoms with van der Waals surface area (Å²) in [5.74, 6) is 1.09. The van der Waals surface area contributed by atoms with Gasteiger partial charge in [-0.3, -0.25) is 9.25 Å². The van der Waals surface area contributed by atoms with E-state index in [1.54, 1.807) is 0 Å². The van der Waals surface area contributed by atoms with Crippen LogP contribution in [0.4, 0.5) is 5.95 Å². The van der Waals surface area contributed by atoms with Crippen LogP contribution in [0.3, 0.4) is 0 Å². The molecule has 2 N–H and O–H groups in total. The molecular formula is C11H19N5. The number of fused-ring (bicyclic) bond motifs is 1. The van der Waals surface area contributed by atoms with Crippen molar-refractivity contribution < 1.29 is 0 Å². The van der Waals surface area contributed by atoms with Crippen molar-refractivity contribution >= 4 is 17.1 Å². The van der Waals surface area contributed by atoms with Crippen LogP contribution in [0.5, 0.6) is 0 Å². The van der Waals surface area contributed by atoms with E-state index in [-0.39, 0.29) is 0 Å². The standard InChI is InChI=1S/C11H19N5/c1-6(2)8(4)16-10-9(13-11(16)12)7(3)14-15(10)5/h6,8H,1-5H3,(H2,12,13). The molecule has 5 nitrogen and oxygen atoms in total. The average molecular weight is 221 g/mol. The minimum Gasteiger partial charge on any atom is -0.369 e. The molecule has 0 saturated carbocycles. The van der Waals surface area contributed by atoms with Gasteiger partial charge in [-0.25, -0.2) is 4.98 Å². The normalized spacial score (nSPS) is 13.9. The molecule has 0 saturated heterocycles. The van der Waals surface area contributed by atoms with E-state index in [1.165, 1.54) is 0 Å². The fourth-order valence-electron chi connectivity index (χ4n) is 2.01. The average Bonchev–Trinajstić information content (AvgIpc) is 2.65. The summed E-state index contributed by atoms with van der Waals surface area (Å²) >= 11 is 0. The lowest BCUT2D eigenvalue weighted by molar-refractivity contribution is 0.416. The molecule has 1 atom stereocenters. The van der Waals surface area contributed by atoms with Crippen molar-refractivity contribution in [2.24, 2.45) is 13.0 Å². The van der Waals surface area contributed by atoms with Crippen LogP contribution in [0.25, 0.3) is 11.2 Å². The topological polar surface area (TPSA) is 61.7 Å². The zero-order valence-electron chi connectivity index (χ0n) is 10.5. The fraction of sp³-hybridized carbons (Fsp3) is 0.636. The number of imidazole rings is 1. The number of nitrogen functional groups attached to an aromatic ring is 1. The smallest absolute Gasteiger partial charge is 0.202 e. The van der Waals surface area contributed by atoms with Gasteiger partial charge in [-0.05, 0) is 19.8 Å². The lowest BCUT2D eigenvalue weighted by atomic mass is 10.1. The third-order valence-corrected chi connectivity index (χ3v) is 3.23. The van der Waals surface area contributed by atoms with Gasteiger partial charge in [0.25, 0.3) is 0 Å². The van der Waals surface area contributed by atoms with Crippen LogP contribution in [0.1, 0.15) is 32.5 Å². The minimum atomic E-state index is 0.319. The number of anilines is 1. The van der Waals surface area contributed by atoms with Crippen LogP contribution >= 0.6 is 0 Å². The van der Waals surface area contributed by atoms with E-state index in [2.05, 4.69) is 35.4 Å². The molecule has 0 amide bonds. The summed E-state index contributed by atoms with van der Waals surface area (Å²) in [5, 5.41) is 4.37. The maximum absolute atomic E-state index is 5.98. The molecule has 5 heteroatoms. The number of aromatic nitrogens is 4. The molecule has 16 heavy (non-hydrogen) atoms. The van der Waals surface area contributed by atoms with Crippen molar-refractivity contribution in [3.05, 3.63) is 5.69 Å². The van der Waals surface area contributed by atoms with E-state index >= 15 is 0 Å². The molecule has 0 fully saturated rings. The second-order valence-electron chi connectivity index (χ2n) is 4.71. The van der Waals surface area contributed by atoms with Crippen molar-refractivity contribution in [1.82, 2.24) is 19.3 Å². The summed E-state index contributed by atoms with van der Waals surface area (Å²) < 4.78 is 3.92. The number of hydrogen-bond acceptors (Lipinski definition) is 3. The number of nitrogens with zero attached hydrogens (tertiary/aromatic N) is 4. The fourth-order valence-corrected chi connectivity index (χ4v) is 2.01. The summed E-state index contributed by atoms with van der Waals surface area (Å²) in [4.78, 5) is 4.39. The molecule has 2 heterocycles. The first-order valence-corrected chi connectivity index (χ1v) is 5.60. The molecule has 0 bridgehead atoms. The maximum Gasteiger partial charge on any atom is 0.202 e. The Labute approximate surface area is 95.3 Å². The number of aryl methyl sites for hydroxylation is 2. The second kappa shape index (κ2) is 3.50. The van der Waals surface area contributed by atoms with Gasteiger partial charge in [-0.1, -0.05) is 13.8 Å². The summed E-state index contributed by atoms with van der Waals surface area (Å²) in [6, 6.07) is 0.319. The molecule has 1 unspecified atom stereocenters. The Balaban J connectivity index is 2.72. The molecule has 2 rings (SSSR count). The van der Waals surface area contributed by atoms with Gasteiger partial charge in [-0.2, -0.15) is 5.10 Å². The maximum atomic E-state index is 5.98. The van der Waals surface area contributed by atoms with Gasteiger partial charge in [0.2, 0.25) is 5.95 Å². The minimum absolute atomic E-state index is 0.319. The largest absolute Gasteiger partial charge is 0.369 e. The zero-order valence-corrected chi connectivity index (χ0v) is 10.5. The van der Waals surface area contributed by atoms with Crippen molar-refractivity contribution in [1.29, 1.82) is 0 Å². The highest BCUT2D eigenvalue weighted by Crippen LogP contribution is 2.27. The molecule has 0 radical (unpaired) electrons. The quantitative estimate of drug-likeness (QED) is 0.842. The van der Waals surface area contributed by atoms with Gasteiger partial charge < -0.3 is 5.73 Å². The predicted molar refractivity (Wildman–Crippen MR) is 65.2 cm³/mol. The monoisotopic (exact) mass is 221 g/mol. The summed E-state index contributed by atoms with van der Waals surface area (Å²) in [7, 11) is 1.93. The molecule has 0 spiro atoms. The number of hydrogen-bond donors (Lipinski definition) is 1. The third kappa shape index (κ3) is 1.38. The lowest BCUT2D eigenvalue weighted by Gasteiger charge is -2.19. The zero-order chi connectivity index (χ0) is 12.0. The van der Waals surface area contributed by atoms with Crippen LogP contribution in [-0.2, 0) is 7.05 Å². The first kappa shape index (κ1) is 11.0. The Kier molecular flexibility index (Phi) is 2.40. The van der Waals surface area contributed by atoms with E-state index in [0.29, 0.717) is 17.9 Å². The van der Waals surface area contributed by atoms with Gasteiger partial charge in [-0.15, -0.1) is 0 Å². The van der Waals surface area contributed by atoms with E-state index in [9.17, 15) is 0 Å². The first-order chi connectivity index (χ1) is 7.43. The van der Waals surface area contributed by atoms with Crippen LogP contribution in [-0.4, -0.2) is 19.3 Å². The summed E-state index contributed by atoms with van der Waals surface area (Å²) in [6.45, 7) is 8.47. The molecule has 88 valence electrons. The molecule has 0 aliphatic heterocycles. The lowest BCUT2D eigenvalue weighted by Crippen LogP contribution is -2.15. The number of nitrogens with two attached hydrogens (primary N) is 1. The third-order valence-electron chi connectivity index (χ3n) is 3.23. The van der Waals surface area contributed by atoms with E-state index < -0.39 is 0 Å². The highest BCUT2D eigenvalue weighted by atomic mass is 15.4. The van der Waals surface area contributed by atoms with E-state index in [0.717, 1.165) is 16.9 Å². The van der Waals surface area contributed by atoms with E-state index in [4.69, 9.17) is 5.73 Å². The van der Waals surface area contributed by atoms with Crippen LogP contribution in [0, 0.1) is 12.8 Å². The van der Waals surface area contributed by atoms with Crippen LogP contribution in [0.2, 0.25) is 0 Å². The molecule has 0 aliphatic rings. The highest BCUT2D eigenvalue weighted by Gasteiger charge is 2.20. The first-order valence-electron chi connectivity index (χ1n) is 5.60. The van der Waals surface area contributed by atoms with Gasteiger partial charge in [0.15, 0.2) is 5.65 Å². The van der Waals surface area contributed by atoms with Crippen molar-refractivity contribution in [3.8, 4) is 0 Å². The molecule has 2 aromatic heterocycles. The Morgan fingerprint density at radius 3 is 2.44 bits per heavy atom. The number of rotatable bonds is 2. The van der Waals surface area contributed by atoms with Crippen LogP contribution < -0.4 is 5.73 Å². The Morgan fingerprint density at radius 2 is 1.88 bits per heavy atom. The molecular weight excluding hydrogens is 202 g/mol. The Morgan fingerprint density at radius 1 is 1.25 bits per heavy atom. The van der Waals surface area contributed by atoms with Crippen molar-refractivity contribution in [2.75, 3.05) is 5.73 Å². The molecule has 0 aliphatic carbocycles. The molecule has 2 aromatic rings. The Hall–Kier alpha value is -1.52. The second-order valence-corrected chi connectivity index (χ2v) is 4.71. The predicted octanol–water partition coefficient (Wildman–Crippen LogP) is 1.88. The molecule has 0 aromatic carbocycles. The van der Waals surface area contributed by atoms with Gasteiger partial charge in [0.1, 0.15) is 5.52 Å². The van der Waals surface area contributed by atoms with E-state index in [1.807, 2.05) is 18.7 Å². The van der Waals surface area contributed by atoms with Gasteiger partial charge in [0, 0.05) is 13.1 Å². The van der Waals surface area contributed by atoms with Crippen molar-refractivity contribution in [2.45, 2.75) is 33.7 Å². The summed E-state index contributed by atoms with van der Waals surface area (Å²) in [6.07, 6.45) is 0. The van der Waals surface area contributed by atoms with Gasteiger partial charge in [0.05, 0.1) is 5.69 Å². The highest BCUT2D eigenvalue weighted by molar-refractivity contribution is 5.77. The SMILES string of the molecule is Cc1nn(C)c2c1nc(N)n2C(C)C(C)C. The Bertz CT molecular complexity index is 520. The van der Waals surface area contributed by atoms with Crippen LogP contribution in [0.15, 0.2) is 0 Å².